The zero-order valence-electron chi connectivity index (χ0n) is 10.4. The molecule has 0 saturated carbocycles. The third-order valence-electron chi connectivity index (χ3n) is 4.06. The van der Waals surface area contributed by atoms with E-state index in [0.717, 1.165) is 30.7 Å². The fourth-order valence-electron chi connectivity index (χ4n) is 3.15. The van der Waals surface area contributed by atoms with Gasteiger partial charge in [-0.25, -0.2) is 4.98 Å². The van der Waals surface area contributed by atoms with Gasteiger partial charge in [-0.3, -0.25) is 14.2 Å². The smallest absolute Gasteiger partial charge is 0.261 e. The highest BCUT2D eigenvalue weighted by Crippen LogP contribution is 2.33. The summed E-state index contributed by atoms with van der Waals surface area (Å²) >= 11 is 0. The Labute approximate surface area is 109 Å². The van der Waals surface area contributed by atoms with Gasteiger partial charge in [-0.05, 0) is 25.0 Å². The number of nitrogens with zero attached hydrogens (tertiary/aromatic N) is 3. The Kier molecular flexibility index (Phi) is 2.07. The van der Waals surface area contributed by atoms with Crippen molar-refractivity contribution in [3.05, 3.63) is 40.4 Å². The zero-order valence-corrected chi connectivity index (χ0v) is 10.4. The first-order valence-electron chi connectivity index (χ1n) is 6.54. The highest BCUT2D eigenvalue weighted by atomic mass is 16.2. The first kappa shape index (κ1) is 10.7. The fraction of sp³-hybridized carbons (Fsp3) is 0.357. The van der Waals surface area contributed by atoms with Crippen LogP contribution in [0.25, 0.3) is 10.9 Å². The van der Waals surface area contributed by atoms with E-state index in [1.165, 1.54) is 0 Å². The number of aromatic nitrogens is 2. The maximum Gasteiger partial charge on any atom is 0.261 e. The Morgan fingerprint density at radius 1 is 1.21 bits per heavy atom. The van der Waals surface area contributed by atoms with E-state index >= 15 is 0 Å². The molecule has 0 bridgehead atoms. The number of hydrogen-bond donors (Lipinski definition) is 0. The van der Waals surface area contributed by atoms with Gasteiger partial charge in [0.25, 0.3) is 5.56 Å². The maximum absolute atomic E-state index is 12.5. The molecule has 0 N–H and O–H groups in total. The van der Waals surface area contributed by atoms with Gasteiger partial charge in [0.1, 0.15) is 12.4 Å². The molecule has 0 radical (unpaired) electrons. The van der Waals surface area contributed by atoms with Crippen LogP contribution in [0.15, 0.2) is 29.1 Å². The normalized spacial score (nSPS) is 21.6. The zero-order chi connectivity index (χ0) is 13.0. The Morgan fingerprint density at radius 2 is 2.05 bits per heavy atom. The van der Waals surface area contributed by atoms with Gasteiger partial charge in [0.05, 0.1) is 16.9 Å². The van der Waals surface area contributed by atoms with E-state index in [4.69, 9.17) is 0 Å². The quantitative estimate of drug-likeness (QED) is 0.707. The van der Waals surface area contributed by atoms with Crippen LogP contribution in [0.1, 0.15) is 24.7 Å². The van der Waals surface area contributed by atoms with Gasteiger partial charge < -0.3 is 4.90 Å². The monoisotopic (exact) mass is 255 g/mol. The summed E-state index contributed by atoms with van der Waals surface area (Å²) in [7, 11) is 0. The third kappa shape index (κ3) is 1.38. The highest BCUT2D eigenvalue weighted by Gasteiger charge is 2.37. The molecular formula is C14H13N3O2. The summed E-state index contributed by atoms with van der Waals surface area (Å²) in [4.78, 5) is 31.0. The lowest BCUT2D eigenvalue weighted by Crippen LogP contribution is -2.44. The summed E-state index contributed by atoms with van der Waals surface area (Å²) in [5, 5.41) is 0.588. The van der Waals surface area contributed by atoms with Crippen LogP contribution in [-0.4, -0.2) is 26.9 Å². The maximum atomic E-state index is 12.5. The van der Waals surface area contributed by atoms with Crippen LogP contribution in [-0.2, 0) is 11.3 Å². The second kappa shape index (κ2) is 3.66. The summed E-state index contributed by atoms with van der Waals surface area (Å²) < 4.78 is 1.55. The third-order valence-corrected chi connectivity index (χ3v) is 4.06. The Balaban J connectivity index is 2.05. The Morgan fingerprint density at radius 3 is 2.95 bits per heavy atom. The molecule has 0 aliphatic carbocycles. The van der Waals surface area contributed by atoms with Crippen molar-refractivity contribution >= 4 is 16.8 Å². The lowest BCUT2D eigenvalue weighted by Gasteiger charge is -2.31. The summed E-state index contributed by atoms with van der Waals surface area (Å²) in [5.41, 5.74) is 0.625. The molecule has 1 amide bonds. The summed E-state index contributed by atoms with van der Waals surface area (Å²) in [6.45, 7) is 0.911. The van der Waals surface area contributed by atoms with Crippen molar-refractivity contribution in [3.8, 4) is 0 Å². The second-order valence-electron chi connectivity index (χ2n) is 5.12. The van der Waals surface area contributed by atoms with Crippen molar-refractivity contribution in [3.63, 3.8) is 0 Å². The molecule has 1 atom stereocenters. The van der Waals surface area contributed by atoms with Crippen molar-refractivity contribution in [2.24, 2.45) is 0 Å². The van der Waals surface area contributed by atoms with E-state index in [-0.39, 0.29) is 24.1 Å². The molecule has 0 spiro atoms. The van der Waals surface area contributed by atoms with Crippen LogP contribution in [0.2, 0.25) is 0 Å². The van der Waals surface area contributed by atoms with E-state index in [2.05, 4.69) is 4.98 Å². The van der Waals surface area contributed by atoms with Crippen molar-refractivity contribution < 1.29 is 4.79 Å². The number of amides is 1. The van der Waals surface area contributed by atoms with E-state index in [1.807, 2.05) is 23.1 Å². The summed E-state index contributed by atoms with van der Waals surface area (Å²) in [6, 6.07) is 7.31. The molecule has 2 aliphatic heterocycles. The first-order chi connectivity index (χ1) is 9.25. The molecule has 0 unspecified atom stereocenters. The van der Waals surface area contributed by atoms with Gasteiger partial charge in [-0.15, -0.1) is 0 Å². The molecule has 1 saturated heterocycles. The van der Waals surface area contributed by atoms with E-state index < -0.39 is 0 Å². The molecule has 5 nitrogen and oxygen atoms in total. The predicted molar refractivity (Wildman–Crippen MR) is 69.7 cm³/mol. The molecule has 96 valence electrons. The average molecular weight is 255 g/mol. The van der Waals surface area contributed by atoms with E-state index in [1.54, 1.807) is 10.6 Å². The molecule has 19 heavy (non-hydrogen) atoms. The van der Waals surface area contributed by atoms with Crippen molar-refractivity contribution in [2.75, 3.05) is 6.54 Å². The van der Waals surface area contributed by atoms with E-state index in [0.29, 0.717) is 5.39 Å². The highest BCUT2D eigenvalue weighted by molar-refractivity contribution is 5.81. The van der Waals surface area contributed by atoms with Gasteiger partial charge in [0.2, 0.25) is 5.91 Å². The van der Waals surface area contributed by atoms with Crippen LogP contribution in [0.3, 0.4) is 0 Å². The number of benzene rings is 1. The summed E-state index contributed by atoms with van der Waals surface area (Å²) in [6.07, 6.45) is 1.88. The van der Waals surface area contributed by atoms with Crippen molar-refractivity contribution in [1.82, 2.24) is 14.5 Å². The number of hydrogen-bond acceptors (Lipinski definition) is 3. The minimum Gasteiger partial charge on any atom is -0.331 e. The van der Waals surface area contributed by atoms with Crippen LogP contribution in [0.4, 0.5) is 0 Å². The van der Waals surface area contributed by atoms with Gasteiger partial charge in [0, 0.05) is 6.54 Å². The molecule has 1 aromatic heterocycles. The molecular weight excluding hydrogens is 242 g/mol. The van der Waals surface area contributed by atoms with Gasteiger partial charge in [0.15, 0.2) is 0 Å². The molecule has 1 aromatic carbocycles. The molecule has 5 heteroatoms. The molecule has 1 fully saturated rings. The minimum absolute atomic E-state index is 0.0152. The average Bonchev–Trinajstić information content (AvgIpc) is 2.91. The Hall–Kier alpha value is -2.17. The van der Waals surface area contributed by atoms with Gasteiger partial charge in [-0.2, -0.15) is 0 Å². The SMILES string of the molecule is O=C1Cn2c(nc3ccccc3c2=O)[C@@H]2CCCN12. The molecule has 2 aliphatic rings. The van der Waals surface area contributed by atoms with Crippen LogP contribution in [0, 0.1) is 0 Å². The molecule has 2 aromatic rings. The van der Waals surface area contributed by atoms with E-state index in [9.17, 15) is 9.59 Å². The standard InChI is InChI=1S/C14H13N3O2/c18-12-8-17-13(11-6-3-7-16(11)12)15-10-5-2-1-4-9(10)14(17)19/h1-2,4-5,11H,3,6-8H2/t11-/m0/s1. The van der Waals surface area contributed by atoms with Gasteiger partial charge >= 0.3 is 0 Å². The van der Waals surface area contributed by atoms with Gasteiger partial charge in [-0.1, -0.05) is 12.1 Å². The van der Waals surface area contributed by atoms with Crippen molar-refractivity contribution in [1.29, 1.82) is 0 Å². The number of para-hydroxylation sites is 1. The number of rotatable bonds is 0. The van der Waals surface area contributed by atoms with Crippen molar-refractivity contribution in [2.45, 2.75) is 25.4 Å². The van der Waals surface area contributed by atoms with Crippen LogP contribution < -0.4 is 5.56 Å². The van der Waals surface area contributed by atoms with Crippen LogP contribution in [0.5, 0.6) is 0 Å². The molecule has 4 rings (SSSR count). The number of carbonyl (C=O) groups is 1. The number of fused-ring (bicyclic) bond motifs is 4. The van der Waals surface area contributed by atoms with Crippen LogP contribution >= 0.6 is 0 Å². The Bertz CT molecular complexity index is 750. The largest absolute Gasteiger partial charge is 0.331 e. The lowest BCUT2D eigenvalue weighted by atomic mass is 10.1. The number of carbonyl (C=O) groups excluding carboxylic acids is 1. The topological polar surface area (TPSA) is 55.2 Å². The first-order valence-corrected chi connectivity index (χ1v) is 6.54. The lowest BCUT2D eigenvalue weighted by molar-refractivity contribution is -0.134. The predicted octanol–water partition coefficient (Wildman–Crippen LogP) is 1.07. The minimum atomic E-state index is -0.0968. The fourth-order valence-corrected chi connectivity index (χ4v) is 3.15. The molecule has 3 heterocycles. The summed E-state index contributed by atoms with van der Waals surface area (Å²) in [5.74, 6) is 0.787. The second-order valence-corrected chi connectivity index (χ2v) is 5.12.